The standard InChI is InChI=1S/C16H23ClFN/c1-3-8-19-11-16(2,13-4-5-13)10-12-9-14(18)6-7-15(12)17/h6-7,9,13,19H,3-5,8,10-11H2,1-2H3. The van der Waals surface area contributed by atoms with Gasteiger partial charge in [-0.15, -0.1) is 0 Å². The van der Waals surface area contributed by atoms with Gasteiger partial charge in [0.05, 0.1) is 0 Å². The minimum Gasteiger partial charge on any atom is -0.316 e. The molecule has 1 saturated carbocycles. The molecule has 1 aliphatic carbocycles. The molecule has 2 rings (SSSR count). The van der Waals surface area contributed by atoms with Gasteiger partial charge in [0, 0.05) is 11.6 Å². The summed E-state index contributed by atoms with van der Waals surface area (Å²) < 4.78 is 13.4. The molecule has 1 aromatic rings. The number of halogens is 2. The van der Waals surface area contributed by atoms with Crippen LogP contribution in [0.1, 0.15) is 38.7 Å². The monoisotopic (exact) mass is 283 g/mol. The number of nitrogens with one attached hydrogen (secondary N) is 1. The Bertz CT molecular complexity index is 431. The summed E-state index contributed by atoms with van der Waals surface area (Å²) >= 11 is 6.20. The third kappa shape index (κ3) is 3.93. The zero-order valence-electron chi connectivity index (χ0n) is 11.8. The highest BCUT2D eigenvalue weighted by Gasteiger charge is 2.41. The number of rotatable bonds is 7. The van der Waals surface area contributed by atoms with Crippen LogP contribution in [0.3, 0.4) is 0 Å². The Balaban J connectivity index is 2.09. The molecule has 106 valence electrons. The van der Waals surface area contributed by atoms with Gasteiger partial charge in [0.2, 0.25) is 0 Å². The minimum absolute atomic E-state index is 0.187. The van der Waals surface area contributed by atoms with Crippen LogP contribution in [-0.4, -0.2) is 13.1 Å². The highest BCUT2D eigenvalue weighted by Crippen LogP contribution is 2.47. The second-order valence-corrected chi connectivity index (χ2v) is 6.42. The molecule has 0 aliphatic heterocycles. The first kappa shape index (κ1) is 14.8. The number of benzene rings is 1. The van der Waals surface area contributed by atoms with Crippen LogP contribution < -0.4 is 5.32 Å². The van der Waals surface area contributed by atoms with E-state index >= 15 is 0 Å². The van der Waals surface area contributed by atoms with Crippen molar-refractivity contribution in [3.63, 3.8) is 0 Å². The van der Waals surface area contributed by atoms with Gasteiger partial charge < -0.3 is 5.32 Å². The molecule has 1 fully saturated rings. The summed E-state index contributed by atoms with van der Waals surface area (Å²) in [6, 6.07) is 4.68. The maximum absolute atomic E-state index is 13.4. The van der Waals surface area contributed by atoms with E-state index in [4.69, 9.17) is 11.6 Å². The van der Waals surface area contributed by atoms with E-state index in [1.54, 1.807) is 12.1 Å². The van der Waals surface area contributed by atoms with E-state index in [2.05, 4.69) is 19.2 Å². The van der Waals surface area contributed by atoms with Crippen molar-refractivity contribution in [2.24, 2.45) is 11.3 Å². The Kier molecular flexibility index (Phi) is 4.86. The van der Waals surface area contributed by atoms with E-state index in [1.807, 2.05) is 0 Å². The van der Waals surface area contributed by atoms with Crippen LogP contribution in [0.2, 0.25) is 5.02 Å². The average Bonchev–Trinajstić information content (AvgIpc) is 3.19. The molecule has 0 saturated heterocycles. The number of hydrogen-bond acceptors (Lipinski definition) is 1. The SMILES string of the molecule is CCCNCC(C)(Cc1cc(F)ccc1Cl)C1CC1. The van der Waals surface area contributed by atoms with Crippen LogP contribution in [0.5, 0.6) is 0 Å². The van der Waals surface area contributed by atoms with Crippen molar-refractivity contribution in [2.45, 2.75) is 39.5 Å². The zero-order chi connectivity index (χ0) is 13.9. The first-order valence-electron chi connectivity index (χ1n) is 7.20. The van der Waals surface area contributed by atoms with Gasteiger partial charge >= 0.3 is 0 Å². The van der Waals surface area contributed by atoms with E-state index in [-0.39, 0.29) is 11.2 Å². The van der Waals surface area contributed by atoms with Crippen LogP contribution >= 0.6 is 11.6 Å². The fraction of sp³-hybridized carbons (Fsp3) is 0.625. The molecule has 1 aliphatic rings. The Hall–Kier alpha value is -0.600. The van der Waals surface area contributed by atoms with E-state index in [0.29, 0.717) is 5.02 Å². The van der Waals surface area contributed by atoms with Gasteiger partial charge in [-0.1, -0.05) is 25.4 Å². The molecule has 0 heterocycles. The van der Waals surface area contributed by atoms with Gasteiger partial charge in [-0.25, -0.2) is 4.39 Å². The van der Waals surface area contributed by atoms with Crippen LogP contribution in [0.4, 0.5) is 4.39 Å². The lowest BCUT2D eigenvalue weighted by atomic mass is 9.78. The Morgan fingerprint density at radius 1 is 1.42 bits per heavy atom. The van der Waals surface area contributed by atoms with E-state index < -0.39 is 0 Å². The summed E-state index contributed by atoms with van der Waals surface area (Å²) in [5, 5.41) is 4.20. The Morgan fingerprint density at radius 2 is 2.16 bits per heavy atom. The van der Waals surface area contributed by atoms with Gasteiger partial charge in [-0.05, 0) is 67.3 Å². The second-order valence-electron chi connectivity index (χ2n) is 6.02. The van der Waals surface area contributed by atoms with Crippen LogP contribution in [0.25, 0.3) is 0 Å². The summed E-state index contributed by atoms with van der Waals surface area (Å²) in [5.41, 5.74) is 1.13. The third-order valence-electron chi connectivity index (χ3n) is 4.12. The largest absolute Gasteiger partial charge is 0.316 e. The molecular weight excluding hydrogens is 261 g/mol. The van der Waals surface area contributed by atoms with E-state index in [0.717, 1.165) is 37.4 Å². The fourth-order valence-electron chi connectivity index (χ4n) is 2.80. The third-order valence-corrected chi connectivity index (χ3v) is 4.49. The second kappa shape index (κ2) is 6.23. The predicted octanol–water partition coefficient (Wildman–Crippen LogP) is 4.44. The average molecular weight is 284 g/mol. The molecule has 1 N–H and O–H groups in total. The highest BCUT2D eigenvalue weighted by atomic mass is 35.5. The van der Waals surface area contributed by atoms with Gasteiger partial charge in [0.25, 0.3) is 0 Å². The van der Waals surface area contributed by atoms with Crippen molar-refractivity contribution in [2.75, 3.05) is 13.1 Å². The van der Waals surface area contributed by atoms with Gasteiger partial charge in [-0.2, -0.15) is 0 Å². The van der Waals surface area contributed by atoms with Crippen LogP contribution in [0.15, 0.2) is 18.2 Å². The van der Waals surface area contributed by atoms with Crippen LogP contribution in [-0.2, 0) is 6.42 Å². The van der Waals surface area contributed by atoms with Crippen molar-refractivity contribution >= 4 is 11.6 Å². The zero-order valence-corrected chi connectivity index (χ0v) is 12.6. The summed E-state index contributed by atoms with van der Waals surface area (Å²) in [6.45, 7) is 6.50. The first-order chi connectivity index (χ1) is 9.05. The van der Waals surface area contributed by atoms with Crippen LogP contribution in [0, 0.1) is 17.2 Å². The summed E-state index contributed by atoms with van der Waals surface area (Å²) in [4.78, 5) is 0. The predicted molar refractivity (Wildman–Crippen MR) is 79.1 cm³/mol. The molecule has 3 heteroatoms. The number of hydrogen-bond donors (Lipinski definition) is 1. The van der Waals surface area contributed by atoms with Crippen molar-refractivity contribution in [3.8, 4) is 0 Å². The summed E-state index contributed by atoms with van der Waals surface area (Å²) in [5.74, 6) is 0.551. The maximum Gasteiger partial charge on any atom is 0.123 e. The fourth-order valence-corrected chi connectivity index (χ4v) is 2.98. The molecule has 1 nitrogen and oxygen atoms in total. The van der Waals surface area contributed by atoms with Gasteiger partial charge in [0.1, 0.15) is 5.82 Å². The van der Waals surface area contributed by atoms with Crippen molar-refractivity contribution < 1.29 is 4.39 Å². The Labute approximate surface area is 120 Å². The van der Waals surface area contributed by atoms with Crippen molar-refractivity contribution in [1.82, 2.24) is 5.32 Å². The lowest BCUT2D eigenvalue weighted by Crippen LogP contribution is -2.36. The minimum atomic E-state index is -0.195. The summed E-state index contributed by atoms with van der Waals surface area (Å²) in [7, 11) is 0. The molecule has 1 unspecified atom stereocenters. The quantitative estimate of drug-likeness (QED) is 0.730. The molecule has 0 spiro atoms. The molecule has 0 aromatic heterocycles. The maximum atomic E-state index is 13.4. The lowest BCUT2D eigenvalue weighted by molar-refractivity contribution is 0.256. The lowest BCUT2D eigenvalue weighted by Gasteiger charge is -2.31. The van der Waals surface area contributed by atoms with E-state index in [9.17, 15) is 4.39 Å². The Morgan fingerprint density at radius 3 is 2.79 bits per heavy atom. The molecule has 0 amide bonds. The van der Waals surface area contributed by atoms with Crippen molar-refractivity contribution in [3.05, 3.63) is 34.6 Å². The van der Waals surface area contributed by atoms with Crippen molar-refractivity contribution in [1.29, 1.82) is 0 Å². The van der Waals surface area contributed by atoms with Gasteiger partial charge in [-0.3, -0.25) is 0 Å². The molecule has 1 atom stereocenters. The normalized spacial score (nSPS) is 18.3. The topological polar surface area (TPSA) is 12.0 Å². The first-order valence-corrected chi connectivity index (χ1v) is 7.57. The molecule has 0 radical (unpaired) electrons. The molecule has 0 bridgehead atoms. The van der Waals surface area contributed by atoms with Gasteiger partial charge in [0.15, 0.2) is 0 Å². The van der Waals surface area contributed by atoms with E-state index in [1.165, 1.54) is 18.9 Å². The molecular formula is C16H23ClFN. The molecule has 1 aromatic carbocycles. The smallest absolute Gasteiger partial charge is 0.123 e. The molecule has 19 heavy (non-hydrogen) atoms. The highest BCUT2D eigenvalue weighted by molar-refractivity contribution is 6.31. The summed E-state index contributed by atoms with van der Waals surface area (Å²) in [6.07, 6.45) is 4.57.